The predicted molar refractivity (Wildman–Crippen MR) is 94.5 cm³/mol. The molecule has 2 aromatic rings. The lowest BCUT2D eigenvalue weighted by Gasteiger charge is -2.18. The Labute approximate surface area is 151 Å². The number of amides is 1. The second-order valence-corrected chi connectivity index (χ2v) is 7.56. The first-order valence-corrected chi connectivity index (χ1v) is 9.40. The van der Waals surface area contributed by atoms with E-state index in [1.165, 1.54) is 48.3 Å². The molecule has 1 N–H and O–H groups in total. The van der Waals surface area contributed by atoms with E-state index < -0.39 is 15.8 Å². The molecule has 0 aliphatic carbocycles. The number of carbonyl (C=O) groups is 1. The summed E-state index contributed by atoms with van der Waals surface area (Å²) in [5.74, 6) is -0.856. The van der Waals surface area contributed by atoms with Crippen LogP contribution in [0.15, 0.2) is 47.4 Å². The zero-order chi connectivity index (χ0) is 18.6. The normalized spacial score (nSPS) is 11.4. The third kappa shape index (κ3) is 4.56. The van der Waals surface area contributed by atoms with E-state index in [4.69, 9.17) is 11.6 Å². The van der Waals surface area contributed by atoms with Crippen molar-refractivity contribution in [3.8, 4) is 0 Å². The molecule has 0 aliphatic heterocycles. The average Bonchev–Trinajstić information content (AvgIpc) is 2.57. The van der Waals surface area contributed by atoms with Gasteiger partial charge in [0.2, 0.25) is 10.0 Å². The lowest BCUT2D eigenvalue weighted by molar-refractivity contribution is 0.0784. The van der Waals surface area contributed by atoms with Gasteiger partial charge >= 0.3 is 0 Å². The predicted octanol–water partition coefficient (Wildman–Crippen LogP) is 3.05. The number of halogens is 2. The molecular formula is C17H18ClFN2O3S. The summed E-state index contributed by atoms with van der Waals surface area (Å²) in [4.78, 5) is 13.8. The summed E-state index contributed by atoms with van der Waals surface area (Å²) in [6, 6.07) is 9.88. The Balaban J connectivity index is 2.17. The van der Waals surface area contributed by atoms with E-state index in [9.17, 15) is 17.6 Å². The maximum Gasteiger partial charge on any atom is 0.253 e. The molecule has 2 rings (SSSR count). The molecule has 0 saturated carbocycles. The summed E-state index contributed by atoms with van der Waals surface area (Å²) in [7, 11) is -2.05. The highest BCUT2D eigenvalue weighted by Gasteiger charge is 2.18. The van der Waals surface area contributed by atoms with Crippen molar-refractivity contribution in [3.05, 3.63) is 64.4 Å². The molecule has 1 amide bonds. The molecule has 25 heavy (non-hydrogen) atoms. The van der Waals surface area contributed by atoms with E-state index in [1.807, 2.05) is 0 Å². The molecular weight excluding hydrogens is 367 g/mol. The second kappa shape index (κ2) is 7.95. The number of benzene rings is 2. The van der Waals surface area contributed by atoms with E-state index >= 15 is 0 Å². The molecule has 5 nitrogen and oxygen atoms in total. The first-order chi connectivity index (χ1) is 11.8. The van der Waals surface area contributed by atoms with Gasteiger partial charge in [-0.25, -0.2) is 17.5 Å². The number of carbonyl (C=O) groups excluding carboxylic acids is 1. The van der Waals surface area contributed by atoms with Crippen LogP contribution in [0.25, 0.3) is 0 Å². The molecule has 8 heteroatoms. The zero-order valence-corrected chi connectivity index (χ0v) is 15.4. The van der Waals surface area contributed by atoms with Crippen LogP contribution in [0.1, 0.15) is 22.8 Å². The Morgan fingerprint density at radius 2 is 1.84 bits per heavy atom. The van der Waals surface area contributed by atoms with E-state index in [1.54, 1.807) is 13.0 Å². The van der Waals surface area contributed by atoms with Crippen molar-refractivity contribution in [1.29, 1.82) is 0 Å². The minimum atomic E-state index is -3.57. The molecule has 0 unspecified atom stereocenters. The summed E-state index contributed by atoms with van der Waals surface area (Å²) < 4.78 is 40.0. The molecule has 0 saturated heterocycles. The van der Waals surface area contributed by atoms with E-state index in [2.05, 4.69) is 4.72 Å². The van der Waals surface area contributed by atoms with Crippen LogP contribution in [0.2, 0.25) is 5.02 Å². The lowest BCUT2D eigenvalue weighted by Crippen LogP contribution is -2.27. The van der Waals surface area contributed by atoms with Crippen LogP contribution < -0.4 is 4.72 Å². The topological polar surface area (TPSA) is 66.5 Å². The average molecular weight is 385 g/mol. The van der Waals surface area contributed by atoms with Gasteiger partial charge in [0.05, 0.1) is 4.90 Å². The van der Waals surface area contributed by atoms with Crippen molar-refractivity contribution < 1.29 is 17.6 Å². The molecule has 0 radical (unpaired) electrons. The summed E-state index contributed by atoms with van der Waals surface area (Å²) in [6.07, 6.45) is 0. The number of rotatable bonds is 6. The number of hydrogen-bond donors (Lipinski definition) is 1. The molecule has 134 valence electrons. The standard InChI is InChI=1S/C17H18ClFN2O3S/c1-3-20-25(23,24)13-9-7-12(8-10-13)17(22)21(2)11-14-15(18)5-4-6-16(14)19/h4-10,20H,3,11H2,1-2H3. The highest BCUT2D eigenvalue weighted by molar-refractivity contribution is 7.89. The maximum absolute atomic E-state index is 13.8. The minimum absolute atomic E-state index is 0.00177. The van der Waals surface area contributed by atoms with Crippen LogP contribution in [0.4, 0.5) is 4.39 Å². The Bertz CT molecular complexity index is 850. The van der Waals surface area contributed by atoms with Crippen molar-refractivity contribution >= 4 is 27.5 Å². The van der Waals surface area contributed by atoms with Crippen LogP contribution >= 0.6 is 11.6 Å². The fourth-order valence-corrected chi connectivity index (χ4v) is 3.53. The van der Waals surface area contributed by atoms with Gasteiger partial charge in [0, 0.05) is 36.3 Å². The van der Waals surface area contributed by atoms with Gasteiger partial charge in [0.1, 0.15) is 5.82 Å². The zero-order valence-electron chi connectivity index (χ0n) is 13.8. The molecule has 0 fully saturated rings. The van der Waals surface area contributed by atoms with Crippen LogP contribution in [0.5, 0.6) is 0 Å². The molecule has 0 heterocycles. The van der Waals surface area contributed by atoms with Gasteiger partial charge in [0.15, 0.2) is 0 Å². The third-order valence-corrected chi connectivity index (χ3v) is 5.47. The Hall–Kier alpha value is -1.96. The van der Waals surface area contributed by atoms with Crippen molar-refractivity contribution in [3.63, 3.8) is 0 Å². The molecule has 0 bridgehead atoms. The Kier molecular flexibility index (Phi) is 6.16. The molecule has 0 atom stereocenters. The summed E-state index contributed by atoms with van der Waals surface area (Å²) in [5.41, 5.74) is 0.525. The number of hydrogen-bond acceptors (Lipinski definition) is 3. The summed E-state index contributed by atoms with van der Waals surface area (Å²) >= 11 is 5.97. The van der Waals surface area contributed by atoms with Crippen LogP contribution in [0.3, 0.4) is 0 Å². The lowest BCUT2D eigenvalue weighted by atomic mass is 10.1. The third-order valence-electron chi connectivity index (χ3n) is 3.55. The molecule has 2 aromatic carbocycles. The van der Waals surface area contributed by atoms with Gasteiger partial charge in [-0.2, -0.15) is 0 Å². The Morgan fingerprint density at radius 3 is 2.40 bits per heavy atom. The smallest absolute Gasteiger partial charge is 0.253 e. The second-order valence-electron chi connectivity index (χ2n) is 5.39. The number of sulfonamides is 1. The summed E-state index contributed by atoms with van der Waals surface area (Å²) in [5, 5.41) is 0.242. The highest BCUT2D eigenvalue weighted by Crippen LogP contribution is 2.21. The first-order valence-electron chi connectivity index (χ1n) is 7.54. The van der Waals surface area contributed by atoms with E-state index in [0.29, 0.717) is 5.56 Å². The number of nitrogens with one attached hydrogen (secondary N) is 1. The quantitative estimate of drug-likeness (QED) is 0.832. The molecule has 0 spiro atoms. The largest absolute Gasteiger partial charge is 0.337 e. The fourth-order valence-electron chi connectivity index (χ4n) is 2.26. The van der Waals surface area contributed by atoms with Crippen molar-refractivity contribution in [1.82, 2.24) is 9.62 Å². The Morgan fingerprint density at radius 1 is 1.20 bits per heavy atom. The van der Waals surface area contributed by atoms with Gasteiger partial charge in [0.25, 0.3) is 5.91 Å². The van der Waals surface area contributed by atoms with Gasteiger partial charge in [-0.3, -0.25) is 4.79 Å². The molecule has 0 aromatic heterocycles. The summed E-state index contributed by atoms with van der Waals surface area (Å²) in [6.45, 7) is 1.95. The number of nitrogens with zero attached hydrogens (tertiary/aromatic N) is 1. The SMILES string of the molecule is CCNS(=O)(=O)c1ccc(C(=O)N(C)Cc2c(F)cccc2Cl)cc1. The van der Waals surface area contributed by atoms with Gasteiger partial charge < -0.3 is 4.90 Å². The molecule has 0 aliphatic rings. The van der Waals surface area contributed by atoms with Crippen LogP contribution in [0, 0.1) is 5.82 Å². The van der Waals surface area contributed by atoms with Gasteiger partial charge in [-0.15, -0.1) is 0 Å². The first kappa shape index (κ1) is 19.4. The minimum Gasteiger partial charge on any atom is -0.337 e. The van der Waals surface area contributed by atoms with E-state index in [-0.39, 0.29) is 34.5 Å². The van der Waals surface area contributed by atoms with Gasteiger partial charge in [-0.1, -0.05) is 24.6 Å². The van der Waals surface area contributed by atoms with E-state index in [0.717, 1.165) is 0 Å². The van der Waals surface area contributed by atoms with Crippen molar-refractivity contribution in [2.75, 3.05) is 13.6 Å². The highest BCUT2D eigenvalue weighted by atomic mass is 35.5. The maximum atomic E-state index is 13.8. The van der Waals surface area contributed by atoms with Crippen molar-refractivity contribution in [2.45, 2.75) is 18.4 Å². The van der Waals surface area contributed by atoms with Gasteiger partial charge in [-0.05, 0) is 36.4 Å². The fraction of sp³-hybridized carbons (Fsp3) is 0.235. The monoisotopic (exact) mass is 384 g/mol. The van der Waals surface area contributed by atoms with Crippen LogP contribution in [-0.2, 0) is 16.6 Å². The van der Waals surface area contributed by atoms with Crippen molar-refractivity contribution in [2.24, 2.45) is 0 Å². The van der Waals surface area contributed by atoms with Crippen LogP contribution in [-0.4, -0.2) is 32.8 Å².